The van der Waals surface area contributed by atoms with Crippen LogP contribution in [0.15, 0.2) is 30.3 Å². The number of hydrogen-bond donors (Lipinski definition) is 5. The van der Waals surface area contributed by atoms with Crippen LogP contribution in [0.25, 0.3) is 0 Å². The first kappa shape index (κ1) is 23.4. The highest BCUT2D eigenvalue weighted by Gasteiger charge is 1.96. The standard InChI is InChI=1S/C9H10O2.4H3N/c10-9(11)7-6-8-4-2-1-3-5-8;;;;/h1-5H,6-7H2,(H,10,11);4*1H3. The Bertz CT molecular complexity index is 241. The highest BCUT2D eigenvalue weighted by atomic mass is 16.4. The predicted octanol–water partition coefficient (Wildman–Crippen LogP) is 2.35. The van der Waals surface area contributed by atoms with Crippen molar-refractivity contribution in [2.75, 3.05) is 0 Å². The molecule has 0 heterocycles. The van der Waals surface area contributed by atoms with Crippen molar-refractivity contribution >= 4 is 5.97 Å². The molecule has 1 aromatic carbocycles. The summed E-state index contributed by atoms with van der Waals surface area (Å²) in [5.41, 5.74) is 1.08. The van der Waals surface area contributed by atoms with Gasteiger partial charge in [-0.1, -0.05) is 30.3 Å². The highest BCUT2D eigenvalue weighted by molar-refractivity contribution is 5.67. The van der Waals surface area contributed by atoms with Crippen LogP contribution in [-0.4, -0.2) is 11.1 Å². The van der Waals surface area contributed by atoms with E-state index in [0.717, 1.165) is 5.56 Å². The van der Waals surface area contributed by atoms with Gasteiger partial charge in [-0.3, -0.25) is 4.79 Å². The summed E-state index contributed by atoms with van der Waals surface area (Å²) in [4.78, 5) is 10.2. The second-order valence-corrected chi connectivity index (χ2v) is 2.38. The lowest BCUT2D eigenvalue weighted by Gasteiger charge is -1.95. The van der Waals surface area contributed by atoms with Crippen LogP contribution in [0.5, 0.6) is 0 Å². The van der Waals surface area contributed by atoms with Crippen molar-refractivity contribution < 1.29 is 9.90 Å². The van der Waals surface area contributed by atoms with Gasteiger partial charge in [0.15, 0.2) is 0 Å². The number of carbonyl (C=O) groups is 1. The van der Waals surface area contributed by atoms with Crippen LogP contribution in [0.4, 0.5) is 0 Å². The zero-order valence-electron chi connectivity index (χ0n) is 8.98. The maximum atomic E-state index is 10.2. The van der Waals surface area contributed by atoms with E-state index in [9.17, 15) is 4.79 Å². The number of carboxylic acids is 1. The third kappa shape index (κ3) is 10.5. The van der Waals surface area contributed by atoms with Gasteiger partial charge in [-0.05, 0) is 12.0 Å². The number of carboxylic acid groups (broad SMARTS) is 1. The molecular weight excluding hydrogens is 196 g/mol. The Morgan fingerprint density at radius 1 is 1.00 bits per heavy atom. The molecule has 6 nitrogen and oxygen atoms in total. The minimum absolute atomic E-state index is 0. The topological polar surface area (TPSA) is 177 Å². The fourth-order valence-electron chi connectivity index (χ4n) is 0.896. The molecule has 1 aromatic rings. The van der Waals surface area contributed by atoms with Gasteiger partial charge in [0.1, 0.15) is 0 Å². The number of aliphatic carboxylic acids is 1. The molecule has 0 saturated heterocycles. The molecule has 0 saturated carbocycles. The molecule has 0 radical (unpaired) electrons. The van der Waals surface area contributed by atoms with Crippen LogP contribution in [0.1, 0.15) is 12.0 Å². The summed E-state index contributed by atoms with van der Waals surface area (Å²) < 4.78 is 0. The molecule has 0 bridgehead atoms. The molecule has 13 N–H and O–H groups in total. The minimum Gasteiger partial charge on any atom is -0.481 e. The van der Waals surface area contributed by atoms with Crippen molar-refractivity contribution in [3.8, 4) is 0 Å². The molecule has 0 aliphatic rings. The second kappa shape index (κ2) is 12.5. The van der Waals surface area contributed by atoms with Gasteiger partial charge in [0.25, 0.3) is 0 Å². The van der Waals surface area contributed by atoms with Gasteiger partial charge in [0, 0.05) is 6.42 Å². The van der Waals surface area contributed by atoms with Gasteiger partial charge in [-0.25, -0.2) is 0 Å². The summed E-state index contributed by atoms with van der Waals surface area (Å²) in [7, 11) is 0. The molecule has 6 heteroatoms. The van der Waals surface area contributed by atoms with E-state index in [1.807, 2.05) is 30.3 Å². The average molecular weight is 218 g/mol. The minimum atomic E-state index is -0.742. The molecule has 0 atom stereocenters. The molecule has 0 aromatic heterocycles. The van der Waals surface area contributed by atoms with Crippen molar-refractivity contribution in [3.05, 3.63) is 35.9 Å². The van der Waals surface area contributed by atoms with E-state index in [1.54, 1.807) is 0 Å². The first-order valence-electron chi connectivity index (χ1n) is 3.55. The quantitative estimate of drug-likeness (QED) is 0.519. The van der Waals surface area contributed by atoms with Crippen molar-refractivity contribution in [1.29, 1.82) is 0 Å². The molecule has 0 spiro atoms. The summed E-state index contributed by atoms with van der Waals surface area (Å²) in [6.45, 7) is 0. The van der Waals surface area contributed by atoms with Crippen molar-refractivity contribution in [1.82, 2.24) is 24.6 Å². The summed E-state index contributed by atoms with van der Waals surface area (Å²) in [6, 6.07) is 9.62. The lowest BCUT2D eigenvalue weighted by atomic mass is 10.1. The van der Waals surface area contributed by atoms with Crippen molar-refractivity contribution in [3.63, 3.8) is 0 Å². The van der Waals surface area contributed by atoms with E-state index >= 15 is 0 Å². The highest BCUT2D eigenvalue weighted by Crippen LogP contribution is 2.01. The maximum Gasteiger partial charge on any atom is 0.303 e. The number of rotatable bonds is 3. The zero-order valence-corrected chi connectivity index (χ0v) is 8.98. The average Bonchev–Trinajstić information content (AvgIpc) is 2.03. The fraction of sp³-hybridized carbons (Fsp3) is 0.222. The Morgan fingerprint density at radius 2 is 1.47 bits per heavy atom. The molecule has 0 aliphatic carbocycles. The number of aryl methyl sites for hydroxylation is 1. The Labute approximate surface area is 90.0 Å². The van der Waals surface area contributed by atoms with Crippen molar-refractivity contribution in [2.45, 2.75) is 12.8 Å². The van der Waals surface area contributed by atoms with Crippen LogP contribution in [-0.2, 0) is 11.2 Å². The third-order valence-electron chi connectivity index (χ3n) is 1.47. The van der Waals surface area contributed by atoms with Crippen LogP contribution >= 0.6 is 0 Å². The Hall–Kier alpha value is -1.47. The molecule has 0 fully saturated rings. The normalized spacial score (nSPS) is 6.93. The molecule has 0 amide bonds. The predicted molar refractivity (Wildman–Crippen MR) is 62.5 cm³/mol. The van der Waals surface area contributed by atoms with Gasteiger partial charge in [-0.15, -0.1) is 0 Å². The van der Waals surface area contributed by atoms with Gasteiger partial charge >= 0.3 is 5.97 Å². The third-order valence-corrected chi connectivity index (χ3v) is 1.47. The molecule has 0 aliphatic heterocycles. The summed E-state index contributed by atoms with van der Waals surface area (Å²) in [6.07, 6.45) is 0.834. The molecule has 0 unspecified atom stereocenters. The van der Waals surface area contributed by atoms with E-state index in [0.29, 0.717) is 6.42 Å². The van der Waals surface area contributed by atoms with E-state index in [1.165, 1.54) is 0 Å². The maximum absolute atomic E-state index is 10.2. The monoisotopic (exact) mass is 218 g/mol. The van der Waals surface area contributed by atoms with E-state index in [4.69, 9.17) is 5.11 Å². The van der Waals surface area contributed by atoms with E-state index in [2.05, 4.69) is 0 Å². The second-order valence-electron chi connectivity index (χ2n) is 2.38. The Balaban J connectivity index is -0.000000151. The molecule has 15 heavy (non-hydrogen) atoms. The van der Waals surface area contributed by atoms with Crippen LogP contribution in [0.2, 0.25) is 0 Å². The Morgan fingerprint density at radius 3 is 1.87 bits per heavy atom. The lowest BCUT2D eigenvalue weighted by molar-refractivity contribution is -0.136. The van der Waals surface area contributed by atoms with E-state index < -0.39 is 5.97 Å². The largest absolute Gasteiger partial charge is 0.481 e. The summed E-state index contributed by atoms with van der Waals surface area (Å²) in [5.74, 6) is -0.742. The van der Waals surface area contributed by atoms with Gasteiger partial charge in [0.05, 0.1) is 0 Å². The lowest BCUT2D eigenvalue weighted by Crippen LogP contribution is -1.96. The SMILES string of the molecule is N.N.N.N.O=C(O)CCc1ccccc1. The van der Waals surface area contributed by atoms with Gasteiger partial charge < -0.3 is 29.7 Å². The first-order valence-corrected chi connectivity index (χ1v) is 3.55. The number of benzene rings is 1. The van der Waals surface area contributed by atoms with E-state index in [-0.39, 0.29) is 31.0 Å². The zero-order chi connectivity index (χ0) is 8.10. The van der Waals surface area contributed by atoms with Gasteiger partial charge in [-0.2, -0.15) is 0 Å². The van der Waals surface area contributed by atoms with Crippen molar-refractivity contribution in [2.24, 2.45) is 0 Å². The summed E-state index contributed by atoms with van der Waals surface area (Å²) in [5, 5.41) is 8.37. The fourth-order valence-corrected chi connectivity index (χ4v) is 0.896. The molecular formula is C9H22N4O2. The van der Waals surface area contributed by atoms with Crippen LogP contribution in [0.3, 0.4) is 0 Å². The van der Waals surface area contributed by atoms with Gasteiger partial charge in [0.2, 0.25) is 0 Å². The summed E-state index contributed by atoms with van der Waals surface area (Å²) >= 11 is 0. The molecule has 90 valence electrons. The molecule has 1 rings (SSSR count). The number of hydrogen-bond acceptors (Lipinski definition) is 5. The van der Waals surface area contributed by atoms with Crippen LogP contribution in [0, 0.1) is 0 Å². The van der Waals surface area contributed by atoms with Crippen LogP contribution < -0.4 is 24.6 Å². The smallest absolute Gasteiger partial charge is 0.303 e. The first-order chi connectivity index (χ1) is 5.29. The Kier molecular flexibility index (Phi) is 19.5.